The van der Waals surface area contributed by atoms with Crippen LogP contribution in [0.3, 0.4) is 0 Å². The molecule has 9 heteroatoms. The highest BCUT2D eigenvalue weighted by molar-refractivity contribution is 7.99. The molecule has 0 aliphatic heterocycles. The Morgan fingerprint density at radius 2 is 1.97 bits per heavy atom. The predicted octanol–water partition coefficient (Wildman–Crippen LogP) is 2.66. The Morgan fingerprint density at radius 3 is 2.55 bits per heavy atom. The molecule has 8 nitrogen and oxygen atoms in total. The molecule has 0 spiro atoms. The molecule has 0 bridgehead atoms. The van der Waals surface area contributed by atoms with Gasteiger partial charge in [0.25, 0.3) is 5.91 Å². The Labute approximate surface area is 173 Å². The highest BCUT2D eigenvalue weighted by Crippen LogP contribution is 2.25. The van der Waals surface area contributed by atoms with Crippen molar-refractivity contribution < 1.29 is 23.9 Å². The van der Waals surface area contributed by atoms with E-state index in [1.807, 2.05) is 6.92 Å². The standard InChI is InChI=1S/C20H25N3O5S/c1-12-20(13(2)23(4)22-12)21-18(25)9-28-19(26)11-29-10-16-8-15(14(3)24)6-7-17(16)27-5/h6-8H,9-11H2,1-5H3,(H,21,25). The number of Topliss-reactive ketones (excluding diaryl/α,β-unsaturated/α-hetero) is 1. The summed E-state index contributed by atoms with van der Waals surface area (Å²) >= 11 is 1.32. The number of ketones is 1. The number of nitrogens with one attached hydrogen (secondary N) is 1. The second-order valence-electron chi connectivity index (χ2n) is 6.45. The fraction of sp³-hybridized carbons (Fsp3) is 0.400. The molecule has 1 amide bonds. The number of hydrogen-bond acceptors (Lipinski definition) is 7. The number of benzene rings is 1. The van der Waals surface area contributed by atoms with Crippen LogP contribution in [-0.4, -0.2) is 46.9 Å². The van der Waals surface area contributed by atoms with Gasteiger partial charge in [0.05, 0.1) is 29.9 Å². The van der Waals surface area contributed by atoms with Gasteiger partial charge >= 0.3 is 5.97 Å². The SMILES string of the molecule is COc1ccc(C(C)=O)cc1CSCC(=O)OCC(=O)Nc1c(C)nn(C)c1C. The van der Waals surface area contributed by atoms with Gasteiger partial charge in [-0.2, -0.15) is 5.10 Å². The van der Waals surface area contributed by atoms with E-state index in [9.17, 15) is 14.4 Å². The number of esters is 1. The highest BCUT2D eigenvalue weighted by Gasteiger charge is 2.14. The number of hydrogen-bond donors (Lipinski definition) is 1. The average Bonchev–Trinajstić information content (AvgIpc) is 2.92. The molecule has 0 aliphatic carbocycles. The molecule has 0 atom stereocenters. The van der Waals surface area contributed by atoms with E-state index in [2.05, 4.69) is 10.4 Å². The summed E-state index contributed by atoms with van der Waals surface area (Å²) in [6.45, 7) is 4.76. The third-order valence-corrected chi connectivity index (χ3v) is 5.26. The zero-order chi connectivity index (χ0) is 21.6. The fourth-order valence-electron chi connectivity index (χ4n) is 2.67. The number of anilines is 1. The Balaban J connectivity index is 1.81. The minimum Gasteiger partial charge on any atom is -0.496 e. The molecular formula is C20H25N3O5S. The summed E-state index contributed by atoms with van der Waals surface area (Å²) in [5.74, 6) is 0.247. The predicted molar refractivity (Wildman–Crippen MR) is 111 cm³/mol. The molecule has 0 unspecified atom stereocenters. The van der Waals surface area contributed by atoms with Crippen molar-refractivity contribution in [2.45, 2.75) is 26.5 Å². The Kier molecular flexibility index (Phi) is 7.83. The molecule has 0 radical (unpaired) electrons. The van der Waals surface area contributed by atoms with Crippen LogP contribution < -0.4 is 10.1 Å². The van der Waals surface area contributed by atoms with Crippen LogP contribution in [0.4, 0.5) is 5.69 Å². The van der Waals surface area contributed by atoms with Crippen molar-refractivity contribution in [2.24, 2.45) is 7.05 Å². The molecule has 1 heterocycles. The van der Waals surface area contributed by atoms with Gasteiger partial charge in [0, 0.05) is 23.9 Å². The molecule has 29 heavy (non-hydrogen) atoms. The second kappa shape index (κ2) is 10.1. The van der Waals surface area contributed by atoms with E-state index in [1.54, 1.807) is 44.0 Å². The summed E-state index contributed by atoms with van der Waals surface area (Å²) in [5, 5.41) is 6.93. The van der Waals surface area contributed by atoms with Gasteiger partial charge in [0.2, 0.25) is 0 Å². The monoisotopic (exact) mass is 419 g/mol. The van der Waals surface area contributed by atoms with Crippen LogP contribution in [0.1, 0.15) is 34.2 Å². The number of aryl methyl sites for hydroxylation is 2. The normalized spacial score (nSPS) is 10.5. The summed E-state index contributed by atoms with van der Waals surface area (Å²) in [6, 6.07) is 5.19. The van der Waals surface area contributed by atoms with Gasteiger partial charge in [-0.1, -0.05) is 0 Å². The quantitative estimate of drug-likeness (QED) is 0.493. The summed E-state index contributed by atoms with van der Waals surface area (Å²) in [4.78, 5) is 35.5. The van der Waals surface area contributed by atoms with Crippen LogP contribution in [-0.2, 0) is 27.1 Å². The van der Waals surface area contributed by atoms with Crippen LogP contribution in [0.2, 0.25) is 0 Å². The zero-order valence-corrected chi connectivity index (χ0v) is 18.0. The molecule has 1 N–H and O–H groups in total. The minimum absolute atomic E-state index is 0.0385. The number of carbonyl (C=O) groups is 3. The van der Waals surface area contributed by atoms with Crippen molar-refractivity contribution in [2.75, 3.05) is 24.8 Å². The second-order valence-corrected chi connectivity index (χ2v) is 7.44. The number of methoxy groups -OCH3 is 1. The number of thioether (sulfide) groups is 1. The zero-order valence-electron chi connectivity index (χ0n) is 17.2. The van der Waals surface area contributed by atoms with Crippen LogP contribution in [0, 0.1) is 13.8 Å². The molecule has 0 fully saturated rings. The van der Waals surface area contributed by atoms with Gasteiger partial charge in [-0.3, -0.25) is 19.1 Å². The van der Waals surface area contributed by atoms with E-state index in [0.717, 1.165) is 11.3 Å². The van der Waals surface area contributed by atoms with E-state index < -0.39 is 11.9 Å². The first kappa shape index (κ1) is 22.5. The van der Waals surface area contributed by atoms with E-state index in [1.165, 1.54) is 18.7 Å². The van der Waals surface area contributed by atoms with Gasteiger partial charge in [0.1, 0.15) is 5.75 Å². The highest BCUT2D eigenvalue weighted by atomic mass is 32.2. The number of rotatable bonds is 9. The van der Waals surface area contributed by atoms with E-state index in [0.29, 0.717) is 28.4 Å². The van der Waals surface area contributed by atoms with Gasteiger partial charge in [-0.05, 0) is 39.0 Å². The molecule has 2 rings (SSSR count). The van der Waals surface area contributed by atoms with Crippen molar-refractivity contribution >= 4 is 35.1 Å². The van der Waals surface area contributed by atoms with E-state index >= 15 is 0 Å². The molecule has 0 saturated carbocycles. The Bertz CT molecular complexity index is 923. The van der Waals surface area contributed by atoms with Crippen molar-refractivity contribution in [3.8, 4) is 5.75 Å². The van der Waals surface area contributed by atoms with E-state index in [4.69, 9.17) is 9.47 Å². The summed E-state index contributed by atoms with van der Waals surface area (Å²) < 4.78 is 12.0. The smallest absolute Gasteiger partial charge is 0.316 e. The maximum Gasteiger partial charge on any atom is 0.316 e. The lowest BCUT2D eigenvalue weighted by Crippen LogP contribution is -2.22. The van der Waals surface area contributed by atoms with Crippen molar-refractivity contribution in [3.05, 3.63) is 40.7 Å². The van der Waals surface area contributed by atoms with Gasteiger partial charge in [-0.25, -0.2) is 0 Å². The first-order valence-corrected chi connectivity index (χ1v) is 10.1. The van der Waals surface area contributed by atoms with Crippen molar-refractivity contribution in [1.82, 2.24) is 9.78 Å². The molecule has 1 aromatic carbocycles. The molecule has 1 aromatic heterocycles. The molecule has 156 valence electrons. The number of nitrogens with zero attached hydrogens (tertiary/aromatic N) is 2. The van der Waals surface area contributed by atoms with Crippen LogP contribution in [0.25, 0.3) is 0 Å². The third kappa shape index (κ3) is 6.08. The molecule has 2 aromatic rings. The maximum atomic E-state index is 12.0. The lowest BCUT2D eigenvalue weighted by atomic mass is 10.1. The molecule has 0 saturated heterocycles. The van der Waals surface area contributed by atoms with Crippen molar-refractivity contribution in [1.29, 1.82) is 0 Å². The number of carbonyl (C=O) groups excluding carboxylic acids is 3. The largest absolute Gasteiger partial charge is 0.496 e. The summed E-state index contributed by atoms with van der Waals surface area (Å²) in [7, 11) is 3.34. The van der Waals surface area contributed by atoms with Crippen LogP contribution >= 0.6 is 11.8 Å². The summed E-state index contributed by atoms with van der Waals surface area (Å²) in [6.07, 6.45) is 0. The first-order chi connectivity index (χ1) is 13.7. The van der Waals surface area contributed by atoms with Gasteiger partial charge < -0.3 is 14.8 Å². The Hall–Kier alpha value is -2.81. The fourth-order valence-corrected chi connectivity index (χ4v) is 3.47. The van der Waals surface area contributed by atoms with Crippen LogP contribution in [0.5, 0.6) is 5.75 Å². The minimum atomic E-state index is -0.494. The Morgan fingerprint density at radius 1 is 1.24 bits per heavy atom. The van der Waals surface area contributed by atoms with E-state index in [-0.39, 0.29) is 18.1 Å². The van der Waals surface area contributed by atoms with Crippen molar-refractivity contribution in [3.63, 3.8) is 0 Å². The molecule has 0 aliphatic rings. The lowest BCUT2D eigenvalue weighted by Gasteiger charge is -2.10. The third-order valence-electron chi connectivity index (χ3n) is 4.30. The molecular weight excluding hydrogens is 394 g/mol. The number of ether oxygens (including phenoxy) is 2. The van der Waals surface area contributed by atoms with Gasteiger partial charge in [-0.15, -0.1) is 11.8 Å². The maximum absolute atomic E-state index is 12.0. The average molecular weight is 420 g/mol. The topological polar surface area (TPSA) is 99.5 Å². The van der Waals surface area contributed by atoms with Crippen LogP contribution in [0.15, 0.2) is 18.2 Å². The lowest BCUT2D eigenvalue weighted by molar-refractivity contribution is -0.144. The summed E-state index contributed by atoms with van der Waals surface area (Å²) in [5.41, 5.74) is 3.54. The first-order valence-electron chi connectivity index (χ1n) is 8.94. The number of amides is 1. The number of aromatic nitrogens is 2. The van der Waals surface area contributed by atoms with Gasteiger partial charge in [0.15, 0.2) is 12.4 Å².